The van der Waals surface area contributed by atoms with Crippen molar-refractivity contribution < 1.29 is 9.31 Å². The molecule has 286 valence electrons. The van der Waals surface area contributed by atoms with E-state index in [-0.39, 0.29) is 18.3 Å². The second-order valence-corrected chi connectivity index (χ2v) is 17.2. The van der Waals surface area contributed by atoms with E-state index in [2.05, 4.69) is 155 Å². The standard InChI is InChI=1S/C22H21N.C21H25BO2.C7H8ClN/c1-15-11-22(23-14-16(15)2)20-10-6-9-18-12-19(13-21(18)20)17-7-4-3-5-8-17;1-20(2)21(3,4)24-22(23-20)19-12-8-11-16-13-17(14-18(16)19)15-9-6-5-7-10-15;1-5-3-7(8)9-4-6(5)2/h3-11,14,19H,12-13H2,1-2H3;5-12,17H,13-14H2,1-4H3;3-4H,1-2H3. The van der Waals surface area contributed by atoms with E-state index in [4.69, 9.17) is 20.9 Å². The molecule has 4 nitrogen and oxygen atoms in total. The molecule has 2 atom stereocenters. The summed E-state index contributed by atoms with van der Waals surface area (Å²) in [7, 11) is -0.264. The van der Waals surface area contributed by atoms with Gasteiger partial charge in [0.25, 0.3) is 0 Å². The van der Waals surface area contributed by atoms with Gasteiger partial charge < -0.3 is 9.31 Å². The smallest absolute Gasteiger partial charge is 0.399 e. The summed E-state index contributed by atoms with van der Waals surface area (Å²) in [5.74, 6) is 1.16. The van der Waals surface area contributed by atoms with Crippen LogP contribution in [0.15, 0.2) is 122 Å². The predicted octanol–water partition coefficient (Wildman–Crippen LogP) is 11.5. The first-order valence-electron chi connectivity index (χ1n) is 20.0. The minimum atomic E-state index is -0.294. The molecule has 2 unspecified atom stereocenters. The van der Waals surface area contributed by atoms with Gasteiger partial charge in [0.1, 0.15) is 5.15 Å². The van der Waals surface area contributed by atoms with Gasteiger partial charge >= 0.3 is 7.12 Å². The van der Waals surface area contributed by atoms with Gasteiger partial charge in [-0.1, -0.05) is 109 Å². The van der Waals surface area contributed by atoms with E-state index in [0.29, 0.717) is 17.0 Å². The Labute approximate surface area is 339 Å². The molecular weight excluding hydrogens is 707 g/mol. The topological polar surface area (TPSA) is 44.2 Å². The highest BCUT2D eigenvalue weighted by Gasteiger charge is 2.52. The monoisotopic (exact) mass is 760 g/mol. The summed E-state index contributed by atoms with van der Waals surface area (Å²) >= 11 is 5.61. The van der Waals surface area contributed by atoms with Gasteiger partial charge in [-0.05, 0) is 166 Å². The van der Waals surface area contributed by atoms with E-state index in [1.165, 1.54) is 66.7 Å². The molecule has 3 heterocycles. The molecule has 4 aromatic carbocycles. The summed E-state index contributed by atoms with van der Waals surface area (Å²) < 4.78 is 12.6. The normalized spacial score (nSPS) is 18.6. The predicted molar refractivity (Wildman–Crippen MR) is 233 cm³/mol. The van der Waals surface area contributed by atoms with E-state index >= 15 is 0 Å². The maximum atomic E-state index is 6.29. The van der Waals surface area contributed by atoms with Crippen molar-refractivity contribution >= 4 is 24.2 Å². The first kappa shape index (κ1) is 39.7. The van der Waals surface area contributed by atoms with Crippen molar-refractivity contribution in [2.75, 3.05) is 0 Å². The van der Waals surface area contributed by atoms with Gasteiger partial charge in [0.2, 0.25) is 0 Å². The van der Waals surface area contributed by atoms with Crippen LogP contribution in [0.5, 0.6) is 0 Å². The number of hydrogen-bond acceptors (Lipinski definition) is 4. The molecule has 2 aliphatic carbocycles. The van der Waals surface area contributed by atoms with Crippen LogP contribution in [0.2, 0.25) is 5.15 Å². The zero-order valence-electron chi connectivity index (χ0n) is 34.2. The zero-order chi connectivity index (χ0) is 39.6. The van der Waals surface area contributed by atoms with Crippen molar-refractivity contribution in [1.29, 1.82) is 0 Å². The van der Waals surface area contributed by atoms with E-state index in [1.54, 1.807) is 6.20 Å². The number of benzene rings is 4. The number of aromatic nitrogens is 2. The Morgan fingerprint density at radius 2 is 1.05 bits per heavy atom. The van der Waals surface area contributed by atoms with Crippen molar-refractivity contribution in [2.45, 2.75) is 104 Å². The average molecular weight is 761 g/mol. The van der Waals surface area contributed by atoms with Crippen LogP contribution in [0, 0.1) is 27.7 Å². The van der Waals surface area contributed by atoms with E-state index in [9.17, 15) is 0 Å². The molecule has 0 saturated carbocycles. The Morgan fingerprint density at radius 3 is 1.59 bits per heavy atom. The number of rotatable bonds is 4. The fourth-order valence-corrected chi connectivity index (χ4v) is 8.26. The molecule has 2 aromatic heterocycles. The summed E-state index contributed by atoms with van der Waals surface area (Å²) in [6.45, 7) is 16.8. The number of pyridine rings is 2. The Balaban J connectivity index is 0.000000141. The number of hydrogen-bond donors (Lipinski definition) is 0. The molecular formula is C50H54BClN2O2. The molecule has 0 radical (unpaired) electrons. The summed E-state index contributed by atoms with van der Waals surface area (Å²) in [4.78, 5) is 8.59. The highest BCUT2D eigenvalue weighted by Crippen LogP contribution is 2.40. The van der Waals surface area contributed by atoms with Crippen LogP contribution in [-0.4, -0.2) is 28.3 Å². The molecule has 0 bridgehead atoms. The van der Waals surface area contributed by atoms with Crippen LogP contribution < -0.4 is 5.46 Å². The summed E-state index contributed by atoms with van der Waals surface area (Å²) in [5.41, 5.74) is 16.7. The van der Waals surface area contributed by atoms with Gasteiger partial charge in [0.05, 0.1) is 16.9 Å². The quantitative estimate of drug-likeness (QED) is 0.133. The SMILES string of the molecule is CC1(C)OB(c2cccc3c2CC(c2ccccc2)C3)OC1(C)C.Cc1cnc(-c2cccc3c2CC(c2ccccc2)C3)cc1C.Cc1cnc(Cl)cc1C. The highest BCUT2D eigenvalue weighted by atomic mass is 35.5. The first-order valence-corrected chi connectivity index (χ1v) is 20.4. The summed E-state index contributed by atoms with van der Waals surface area (Å²) in [6.07, 6.45) is 8.19. The Bertz CT molecular complexity index is 2290. The molecule has 1 saturated heterocycles. The number of fused-ring (bicyclic) bond motifs is 2. The maximum absolute atomic E-state index is 6.29. The van der Waals surface area contributed by atoms with Gasteiger partial charge in [-0.3, -0.25) is 4.98 Å². The molecule has 6 aromatic rings. The second kappa shape index (κ2) is 16.5. The Morgan fingerprint density at radius 1 is 0.554 bits per heavy atom. The lowest BCUT2D eigenvalue weighted by Gasteiger charge is -2.32. The Kier molecular flexibility index (Phi) is 11.7. The van der Waals surface area contributed by atoms with E-state index < -0.39 is 0 Å². The summed E-state index contributed by atoms with van der Waals surface area (Å²) in [5, 5.41) is 0.568. The van der Waals surface area contributed by atoms with Crippen molar-refractivity contribution in [3.8, 4) is 11.3 Å². The highest BCUT2D eigenvalue weighted by molar-refractivity contribution is 6.62. The van der Waals surface area contributed by atoms with Crippen LogP contribution in [-0.2, 0) is 35.0 Å². The molecule has 0 amide bonds. The minimum absolute atomic E-state index is 0.264. The van der Waals surface area contributed by atoms with Crippen molar-refractivity contribution in [1.82, 2.24) is 9.97 Å². The second-order valence-electron chi connectivity index (χ2n) is 16.8. The Hall–Kier alpha value is -4.55. The van der Waals surface area contributed by atoms with Crippen molar-refractivity contribution in [2.24, 2.45) is 0 Å². The molecule has 1 fully saturated rings. The van der Waals surface area contributed by atoms with Crippen molar-refractivity contribution in [3.63, 3.8) is 0 Å². The van der Waals surface area contributed by atoms with Gasteiger partial charge in [-0.15, -0.1) is 0 Å². The van der Waals surface area contributed by atoms with Crippen molar-refractivity contribution in [3.05, 3.63) is 182 Å². The molecule has 1 aliphatic heterocycles. The average Bonchev–Trinajstić information content (AvgIpc) is 3.89. The lowest BCUT2D eigenvalue weighted by molar-refractivity contribution is 0.00578. The van der Waals surface area contributed by atoms with Crippen LogP contribution in [0.4, 0.5) is 0 Å². The third kappa shape index (κ3) is 8.56. The molecule has 9 rings (SSSR count). The third-order valence-corrected chi connectivity index (χ3v) is 12.7. The fraction of sp³-hybridized carbons (Fsp3) is 0.320. The van der Waals surface area contributed by atoms with Crippen LogP contribution in [0.3, 0.4) is 0 Å². The van der Waals surface area contributed by atoms with Gasteiger partial charge in [0.15, 0.2) is 0 Å². The van der Waals surface area contributed by atoms with Crippen LogP contribution in [0.25, 0.3) is 11.3 Å². The molecule has 56 heavy (non-hydrogen) atoms. The lowest BCUT2D eigenvalue weighted by Crippen LogP contribution is -2.41. The van der Waals surface area contributed by atoms with E-state index in [1.807, 2.05) is 26.1 Å². The molecule has 3 aliphatic rings. The minimum Gasteiger partial charge on any atom is -0.399 e. The summed E-state index contributed by atoms with van der Waals surface area (Å²) in [6, 6.07) is 39.1. The van der Waals surface area contributed by atoms with Gasteiger partial charge in [0, 0.05) is 18.0 Å². The lowest BCUT2D eigenvalue weighted by atomic mass is 9.75. The van der Waals surface area contributed by atoms with Crippen LogP contribution >= 0.6 is 11.6 Å². The van der Waals surface area contributed by atoms with Gasteiger partial charge in [-0.2, -0.15) is 0 Å². The number of halogens is 1. The molecule has 6 heteroatoms. The molecule has 0 N–H and O–H groups in total. The largest absolute Gasteiger partial charge is 0.495 e. The number of nitrogens with zero attached hydrogens (tertiary/aromatic N) is 2. The molecule has 0 spiro atoms. The maximum Gasteiger partial charge on any atom is 0.495 e. The first-order chi connectivity index (χ1) is 26.8. The number of aryl methyl sites for hydroxylation is 4. The van der Waals surface area contributed by atoms with Gasteiger partial charge in [-0.25, -0.2) is 4.98 Å². The van der Waals surface area contributed by atoms with Crippen LogP contribution in [0.1, 0.15) is 95.2 Å². The third-order valence-electron chi connectivity index (χ3n) is 12.5. The van der Waals surface area contributed by atoms with E-state index in [0.717, 1.165) is 31.4 Å². The zero-order valence-corrected chi connectivity index (χ0v) is 35.0. The fourth-order valence-electron chi connectivity index (χ4n) is 8.04.